The van der Waals surface area contributed by atoms with Gasteiger partial charge in [-0.1, -0.05) is 6.07 Å². The molecule has 2 aromatic carbocycles. The Morgan fingerprint density at radius 2 is 1.83 bits per heavy atom. The molecular weight excluding hydrogens is 399 g/mol. The van der Waals surface area contributed by atoms with Crippen LogP contribution in [0.1, 0.15) is 17.3 Å². The van der Waals surface area contributed by atoms with Gasteiger partial charge in [0, 0.05) is 31.7 Å². The first-order valence-corrected chi connectivity index (χ1v) is 10.7. The number of carboxylic acids is 1. The van der Waals surface area contributed by atoms with Crippen LogP contribution in [-0.4, -0.2) is 68.5 Å². The molecule has 1 N–H and O–H groups in total. The van der Waals surface area contributed by atoms with Crippen molar-refractivity contribution < 1.29 is 27.4 Å². The molecule has 0 aromatic heterocycles. The van der Waals surface area contributed by atoms with Crippen molar-refractivity contribution in [3.8, 4) is 16.9 Å². The lowest BCUT2D eigenvalue weighted by Crippen LogP contribution is -2.47. The van der Waals surface area contributed by atoms with Gasteiger partial charge in [-0.3, -0.25) is 0 Å². The van der Waals surface area contributed by atoms with Gasteiger partial charge in [0.2, 0.25) is 10.0 Å². The number of piperazine rings is 1. The first-order valence-electron chi connectivity index (χ1n) is 9.22. The molecule has 0 spiro atoms. The predicted molar refractivity (Wildman–Crippen MR) is 106 cm³/mol. The van der Waals surface area contributed by atoms with Crippen LogP contribution in [0.3, 0.4) is 0 Å². The zero-order valence-electron chi connectivity index (χ0n) is 16.3. The quantitative estimate of drug-likeness (QED) is 0.770. The van der Waals surface area contributed by atoms with Gasteiger partial charge in [0.15, 0.2) is 0 Å². The van der Waals surface area contributed by atoms with Crippen LogP contribution in [0, 0.1) is 5.82 Å². The fourth-order valence-electron chi connectivity index (χ4n) is 3.21. The lowest BCUT2D eigenvalue weighted by molar-refractivity contribution is 0.0692. The molecule has 0 unspecified atom stereocenters. The Morgan fingerprint density at radius 1 is 1.14 bits per heavy atom. The molecule has 3 rings (SSSR count). The first kappa shape index (κ1) is 21.2. The van der Waals surface area contributed by atoms with Gasteiger partial charge in [-0.15, -0.1) is 0 Å². The summed E-state index contributed by atoms with van der Waals surface area (Å²) in [4.78, 5) is 13.4. The highest BCUT2D eigenvalue weighted by Crippen LogP contribution is 2.34. The summed E-state index contributed by atoms with van der Waals surface area (Å²) in [6, 6.07) is 8.12. The SMILES string of the molecule is CCOc1ccc(S(=O)(=O)N2CCN(C)CC2)cc1-c1ccc(F)c(C(=O)O)c1. The number of halogens is 1. The van der Waals surface area contributed by atoms with Crippen LogP contribution in [0.4, 0.5) is 4.39 Å². The average molecular weight is 422 g/mol. The molecule has 1 heterocycles. The molecule has 7 nitrogen and oxygen atoms in total. The maximum absolute atomic E-state index is 13.8. The van der Waals surface area contributed by atoms with Crippen LogP contribution in [0.2, 0.25) is 0 Å². The van der Waals surface area contributed by atoms with Crippen molar-refractivity contribution in [3.05, 3.63) is 47.8 Å². The third-order valence-corrected chi connectivity index (χ3v) is 6.75. The topological polar surface area (TPSA) is 87.2 Å². The second-order valence-corrected chi connectivity index (χ2v) is 8.74. The van der Waals surface area contributed by atoms with Crippen molar-refractivity contribution in [3.63, 3.8) is 0 Å². The normalized spacial score (nSPS) is 16.0. The van der Waals surface area contributed by atoms with Crippen molar-refractivity contribution in [1.82, 2.24) is 9.21 Å². The molecule has 2 aromatic rings. The lowest BCUT2D eigenvalue weighted by Gasteiger charge is -2.31. The number of likely N-dealkylation sites (N-methyl/N-ethyl adjacent to an activating group) is 1. The number of sulfonamides is 1. The van der Waals surface area contributed by atoms with E-state index < -0.39 is 27.4 Å². The summed E-state index contributed by atoms with van der Waals surface area (Å²) in [5.74, 6) is -1.86. The number of hydrogen-bond donors (Lipinski definition) is 1. The molecular formula is C20H23FN2O5S. The van der Waals surface area contributed by atoms with Gasteiger partial charge in [-0.25, -0.2) is 17.6 Å². The largest absolute Gasteiger partial charge is 0.493 e. The molecule has 1 fully saturated rings. The van der Waals surface area contributed by atoms with Gasteiger partial charge >= 0.3 is 5.97 Å². The van der Waals surface area contributed by atoms with Crippen LogP contribution in [0.15, 0.2) is 41.3 Å². The van der Waals surface area contributed by atoms with E-state index in [9.17, 15) is 22.7 Å². The van der Waals surface area contributed by atoms with Crippen LogP contribution in [-0.2, 0) is 10.0 Å². The summed E-state index contributed by atoms with van der Waals surface area (Å²) in [6.07, 6.45) is 0. The van der Waals surface area contributed by atoms with E-state index in [1.54, 1.807) is 13.0 Å². The van der Waals surface area contributed by atoms with Crippen molar-refractivity contribution >= 4 is 16.0 Å². The number of rotatable bonds is 6. The highest BCUT2D eigenvalue weighted by atomic mass is 32.2. The van der Waals surface area contributed by atoms with E-state index in [0.717, 1.165) is 6.07 Å². The number of carbonyl (C=O) groups is 1. The summed E-state index contributed by atoms with van der Waals surface area (Å²) in [6.45, 7) is 4.19. The van der Waals surface area contributed by atoms with E-state index in [0.29, 0.717) is 49.7 Å². The summed E-state index contributed by atoms with van der Waals surface area (Å²) in [5.41, 5.74) is 0.268. The maximum atomic E-state index is 13.8. The number of nitrogens with zero attached hydrogens (tertiary/aromatic N) is 2. The molecule has 0 atom stereocenters. The van der Waals surface area contributed by atoms with Crippen molar-refractivity contribution in [2.75, 3.05) is 39.8 Å². The molecule has 0 saturated carbocycles. The number of benzene rings is 2. The van der Waals surface area contributed by atoms with Crippen LogP contribution < -0.4 is 4.74 Å². The Balaban J connectivity index is 2.07. The Morgan fingerprint density at radius 3 is 2.45 bits per heavy atom. The monoisotopic (exact) mass is 422 g/mol. The molecule has 1 saturated heterocycles. The summed E-state index contributed by atoms with van der Waals surface area (Å²) >= 11 is 0. The van der Waals surface area contributed by atoms with E-state index in [1.807, 2.05) is 7.05 Å². The maximum Gasteiger partial charge on any atom is 0.338 e. The molecule has 0 aliphatic carbocycles. The average Bonchev–Trinajstić information content (AvgIpc) is 2.69. The Hall–Kier alpha value is -2.49. The van der Waals surface area contributed by atoms with Gasteiger partial charge in [0.25, 0.3) is 0 Å². The fraction of sp³-hybridized carbons (Fsp3) is 0.350. The predicted octanol–water partition coefficient (Wildman–Crippen LogP) is 2.53. The Bertz CT molecular complexity index is 1020. The van der Waals surface area contributed by atoms with E-state index >= 15 is 0 Å². The Kier molecular flexibility index (Phi) is 6.21. The standard InChI is InChI=1S/C20H23FN2O5S/c1-3-28-19-7-5-15(29(26,27)23-10-8-22(2)9-11-23)13-16(19)14-4-6-18(21)17(12-14)20(24)25/h4-7,12-13H,3,8-11H2,1-2H3,(H,24,25). The number of hydrogen-bond acceptors (Lipinski definition) is 5. The Labute approximate surface area is 169 Å². The second kappa shape index (κ2) is 8.48. The van der Waals surface area contributed by atoms with Crippen LogP contribution in [0.25, 0.3) is 11.1 Å². The van der Waals surface area contributed by atoms with E-state index in [-0.39, 0.29) is 4.90 Å². The minimum atomic E-state index is -3.72. The van der Waals surface area contributed by atoms with Gasteiger partial charge in [-0.2, -0.15) is 4.31 Å². The highest BCUT2D eigenvalue weighted by molar-refractivity contribution is 7.89. The van der Waals surface area contributed by atoms with Gasteiger partial charge < -0.3 is 14.7 Å². The molecule has 156 valence electrons. The molecule has 1 aliphatic heterocycles. The first-order chi connectivity index (χ1) is 13.7. The molecule has 0 radical (unpaired) electrons. The van der Waals surface area contributed by atoms with Crippen LogP contribution in [0.5, 0.6) is 5.75 Å². The number of carboxylic acid groups (broad SMARTS) is 1. The summed E-state index contributed by atoms with van der Waals surface area (Å²) in [5, 5.41) is 9.21. The zero-order valence-corrected chi connectivity index (χ0v) is 17.1. The van der Waals surface area contributed by atoms with E-state index in [1.165, 1.54) is 28.6 Å². The van der Waals surface area contributed by atoms with Gasteiger partial charge in [-0.05, 0) is 49.9 Å². The smallest absolute Gasteiger partial charge is 0.338 e. The zero-order chi connectivity index (χ0) is 21.2. The molecule has 0 bridgehead atoms. The minimum absolute atomic E-state index is 0.0849. The van der Waals surface area contributed by atoms with E-state index in [4.69, 9.17) is 4.74 Å². The number of ether oxygens (including phenoxy) is 1. The highest BCUT2D eigenvalue weighted by Gasteiger charge is 2.28. The van der Waals surface area contributed by atoms with Gasteiger partial charge in [0.1, 0.15) is 11.6 Å². The van der Waals surface area contributed by atoms with E-state index in [2.05, 4.69) is 4.90 Å². The van der Waals surface area contributed by atoms with Crippen LogP contribution >= 0.6 is 0 Å². The molecule has 1 aliphatic rings. The van der Waals surface area contributed by atoms with Gasteiger partial charge in [0.05, 0.1) is 17.1 Å². The van der Waals surface area contributed by atoms with Crippen molar-refractivity contribution in [2.24, 2.45) is 0 Å². The lowest BCUT2D eigenvalue weighted by atomic mass is 10.0. The molecule has 29 heavy (non-hydrogen) atoms. The van der Waals surface area contributed by atoms with Crippen molar-refractivity contribution in [2.45, 2.75) is 11.8 Å². The third-order valence-electron chi connectivity index (χ3n) is 4.86. The number of aromatic carboxylic acids is 1. The second-order valence-electron chi connectivity index (χ2n) is 6.80. The summed E-state index contributed by atoms with van der Waals surface area (Å²) in [7, 11) is -1.78. The van der Waals surface area contributed by atoms with Crippen molar-refractivity contribution in [1.29, 1.82) is 0 Å². The molecule has 0 amide bonds. The summed E-state index contributed by atoms with van der Waals surface area (Å²) < 4.78 is 47.0. The third kappa shape index (κ3) is 4.42. The molecule has 9 heteroatoms. The minimum Gasteiger partial charge on any atom is -0.493 e. The fourth-order valence-corrected chi connectivity index (χ4v) is 4.66.